The Balaban J connectivity index is 1.94. The zero-order valence-corrected chi connectivity index (χ0v) is 18.6. The van der Waals surface area contributed by atoms with E-state index in [4.69, 9.17) is 32.7 Å². The molecule has 0 saturated heterocycles. The summed E-state index contributed by atoms with van der Waals surface area (Å²) in [4.78, 5) is 12.1. The average molecular weight is 489 g/mol. The third kappa shape index (κ3) is 4.75. The molecule has 158 valence electrons. The van der Waals surface area contributed by atoms with Gasteiger partial charge in [0.2, 0.25) is 5.13 Å². The van der Waals surface area contributed by atoms with Gasteiger partial charge >= 0.3 is 0 Å². The van der Waals surface area contributed by atoms with Crippen LogP contribution in [0.5, 0.6) is 11.5 Å². The number of hydrogen-bond acceptors (Lipinski definition) is 8. The number of rotatable bonds is 7. The SMILES string of the molecule is COc1cc(OC)c(NS(=O)(=O)c2cc(C(=O)Nc3nncs3)ccc2Cl)cc1Cl. The van der Waals surface area contributed by atoms with Gasteiger partial charge in [0.05, 0.1) is 30.0 Å². The van der Waals surface area contributed by atoms with E-state index in [9.17, 15) is 13.2 Å². The van der Waals surface area contributed by atoms with E-state index in [1.54, 1.807) is 0 Å². The number of sulfonamides is 1. The van der Waals surface area contributed by atoms with E-state index < -0.39 is 15.9 Å². The Bertz CT molecular complexity index is 1190. The highest BCUT2D eigenvalue weighted by molar-refractivity contribution is 7.92. The number of nitrogens with zero attached hydrogens (tertiary/aromatic N) is 2. The van der Waals surface area contributed by atoms with Crippen molar-refractivity contribution in [2.75, 3.05) is 24.3 Å². The van der Waals surface area contributed by atoms with Crippen LogP contribution in [0, 0.1) is 0 Å². The lowest BCUT2D eigenvalue weighted by Crippen LogP contribution is -2.17. The molecule has 2 N–H and O–H groups in total. The van der Waals surface area contributed by atoms with Crippen molar-refractivity contribution in [1.29, 1.82) is 0 Å². The molecule has 2 aromatic carbocycles. The van der Waals surface area contributed by atoms with Crippen LogP contribution in [0.1, 0.15) is 10.4 Å². The number of benzene rings is 2. The number of methoxy groups -OCH3 is 2. The first kappa shape index (κ1) is 22.1. The van der Waals surface area contributed by atoms with Crippen molar-refractivity contribution in [1.82, 2.24) is 10.2 Å². The molecule has 1 aromatic heterocycles. The molecule has 0 fully saturated rings. The Morgan fingerprint density at radius 1 is 1.07 bits per heavy atom. The van der Waals surface area contributed by atoms with E-state index in [1.165, 1.54) is 44.0 Å². The van der Waals surface area contributed by atoms with Gasteiger partial charge in [-0.1, -0.05) is 34.5 Å². The van der Waals surface area contributed by atoms with E-state index in [0.29, 0.717) is 5.75 Å². The molecule has 30 heavy (non-hydrogen) atoms. The lowest BCUT2D eigenvalue weighted by Gasteiger charge is -2.15. The number of aromatic nitrogens is 2. The van der Waals surface area contributed by atoms with Crippen molar-refractivity contribution in [2.45, 2.75) is 4.90 Å². The fourth-order valence-corrected chi connectivity index (χ4v) is 4.66. The maximum Gasteiger partial charge on any atom is 0.263 e. The number of carbonyl (C=O) groups is 1. The minimum Gasteiger partial charge on any atom is -0.495 e. The van der Waals surface area contributed by atoms with Crippen molar-refractivity contribution in [3.8, 4) is 11.5 Å². The number of halogens is 2. The van der Waals surface area contributed by atoms with Crippen LogP contribution in [0.15, 0.2) is 40.7 Å². The van der Waals surface area contributed by atoms with Gasteiger partial charge in [-0.05, 0) is 24.3 Å². The van der Waals surface area contributed by atoms with Crippen LogP contribution >= 0.6 is 34.5 Å². The molecule has 0 aliphatic heterocycles. The number of carbonyl (C=O) groups excluding carboxylic acids is 1. The van der Waals surface area contributed by atoms with Crippen LogP contribution in [0.2, 0.25) is 10.0 Å². The van der Waals surface area contributed by atoms with Crippen molar-refractivity contribution in [2.24, 2.45) is 0 Å². The second-order valence-corrected chi connectivity index (χ2v) is 8.93. The molecule has 0 spiro atoms. The first-order chi connectivity index (χ1) is 14.2. The Labute approximate surface area is 186 Å². The van der Waals surface area contributed by atoms with Gasteiger partial charge in [-0.2, -0.15) is 0 Å². The summed E-state index contributed by atoms with van der Waals surface area (Å²) < 4.78 is 38.6. The van der Waals surface area contributed by atoms with Gasteiger partial charge in [-0.15, -0.1) is 10.2 Å². The molecule has 0 unspecified atom stereocenters. The number of nitrogens with one attached hydrogen (secondary N) is 2. The Morgan fingerprint density at radius 2 is 1.80 bits per heavy atom. The highest BCUT2D eigenvalue weighted by Crippen LogP contribution is 2.37. The predicted molar refractivity (Wildman–Crippen MR) is 115 cm³/mol. The van der Waals surface area contributed by atoms with E-state index in [2.05, 4.69) is 20.2 Å². The minimum absolute atomic E-state index is 0.0645. The van der Waals surface area contributed by atoms with Crippen LogP contribution in [-0.2, 0) is 10.0 Å². The van der Waals surface area contributed by atoms with Crippen molar-refractivity contribution in [3.63, 3.8) is 0 Å². The van der Waals surface area contributed by atoms with Gasteiger partial charge in [-0.25, -0.2) is 8.42 Å². The van der Waals surface area contributed by atoms with Gasteiger partial charge in [0.1, 0.15) is 21.9 Å². The lowest BCUT2D eigenvalue weighted by molar-refractivity contribution is 0.102. The Morgan fingerprint density at radius 3 is 2.43 bits per heavy atom. The zero-order chi connectivity index (χ0) is 21.9. The third-order valence-corrected chi connectivity index (χ3v) is 6.53. The fourth-order valence-electron chi connectivity index (χ4n) is 2.39. The summed E-state index contributed by atoms with van der Waals surface area (Å²) in [6.07, 6.45) is 0. The third-order valence-electron chi connectivity index (χ3n) is 3.78. The second kappa shape index (κ2) is 9.04. The first-order valence-corrected chi connectivity index (χ1v) is 11.2. The molecular weight excluding hydrogens is 475 g/mol. The summed E-state index contributed by atoms with van der Waals surface area (Å²) >= 11 is 13.3. The van der Waals surface area contributed by atoms with Crippen LogP contribution in [0.3, 0.4) is 0 Å². The van der Waals surface area contributed by atoms with Gasteiger partial charge in [-0.3, -0.25) is 14.8 Å². The van der Waals surface area contributed by atoms with E-state index in [1.807, 2.05) is 0 Å². The van der Waals surface area contributed by atoms with Crippen LogP contribution < -0.4 is 19.5 Å². The molecule has 3 aromatic rings. The van der Waals surface area contributed by atoms with Crippen molar-refractivity contribution >= 4 is 61.3 Å². The molecule has 13 heteroatoms. The average Bonchev–Trinajstić information content (AvgIpc) is 3.21. The summed E-state index contributed by atoms with van der Waals surface area (Å²) in [6, 6.07) is 6.63. The molecule has 0 bridgehead atoms. The lowest BCUT2D eigenvalue weighted by atomic mass is 10.2. The number of amides is 1. The van der Waals surface area contributed by atoms with Gasteiger partial charge in [0.15, 0.2) is 0 Å². The van der Waals surface area contributed by atoms with Crippen LogP contribution in [-0.4, -0.2) is 38.7 Å². The highest BCUT2D eigenvalue weighted by atomic mass is 35.5. The zero-order valence-electron chi connectivity index (χ0n) is 15.5. The highest BCUT2D eigenvalue weighted by Gasteiger charge is 2.23. The topological polar surface area (TPSA) is 120 Å². The maximum atomic E-state index is 13.0. The first-order valence-electron chi connectivity index (χ1n) is 8.06. The molecule has 1 heterocycles. The number of hydrogen-bond donors (Lipinski definition) is 2. The summed E-state index contributed by atoms with van der Waals surface area (Å²) in [5.41, 5.74) is 1.59. The molecule has 3 rings (SSSR count). The molecule has 0 saturated carbocycles. The quantitative estimate of drug-likeness (QED) is 0.516. The summed E-state index contributed by atoms with van der Waals surface area (Å²) in [6.45, 7) is 0. The molecule has 1 amide bonds. The summed E-state index contributed by atoms with van der Waals surface area (Å²) in [5.74, 6) is -0.0732. The summed E-state index contributed by atoms with van der Waals surface area (Å²) in [5, 5.41) is 10.2. The smallest absolute Gasteiger partial charge is 0.263 e. The monoisotopic (exact) mass is 488 g/mol. The van der Waals surface area contributed by atoms with Gasteiger partial charge < -0.3 is 9.47 Å². The van der Waals surface area contributed by atoms with Crippen molar-refractivity contribution in [3.05, 3.63) is 51.5 Å². The van der Waals surface area contributed by atoms with Gasteiger partial charge in [0.25, 0.3) is 15.9 Å². The minimum atomic E-state index is -4.20. The van der Waals surface area contributed by atoms with E-state index in [-0.39, 0.29) is 37.1 Å². The van der Waals surface area contributed by atoms with E-state index in [0.717, 1.165) is 17.4 Å². The fraction of sp³-hybridized carbons (Fsp3) is 0.118. The Hall–Kier alpha value is -2.60. The standard InChI is InChI=1S/C17H14Cl2N4O5S2/c1-27-13-7-14(28-2)12(6-11(13)19)23-30(25,26)15-5-9(3-4-10(15)18)16(24)21-17-22-20-8-29-17/h3-8,23H,1-2H3,(H,21,22,24). The molecule has 0 aliphatic carbocycles. The molecule has 0 radical (unpaired) electrons. The molecule has 0 aliphatic rings. The molecular formula is C17H14Cl2N4O5S2. The maximum absolute atomic E-state index is 13.0. The summed E-state index contributed by atoms with van der Waals surface area (Å²) in [7, 11) is -1.41. The normalized spacial score (nSPS) is 11.1. The van der Waals surface area contributed by atoms with Crippen LogP contribution in [0.4, 0.5) is 10.8 Å². The predicted octanol–water partition coefficient (Wildman–Crippen LogP) is 3.92. The van der Waals surface area contributed by atoms with E-state index >= 15 is 0 Å². The van der Waals surface area contributed by atoms with Gasteiger partial charge in [0, 0.05) is 11.6 Å². The number of ether oxygens (including phenoxy) is 2. The molecule has 0 atom stereocenters. The van der Waals surface area contributed by atoms with Crippen molar-refractivity contribution < 1.29 is 22.7 Å². The van der Waals surface area contributed by atoms with Crippen LogP contribution in [0.25, 0.3) is 0 Å². The second-order valence-electron chi connectivity index (χ2n) is 5.64. The number of anilines is 2. The molecule has 9 nitrogen and oxygen atoms in total. The largest absolute Gasteiger partial charge is 0.495 e. The Kier molecular flexibility index (Phi) is 6.66.